The third-order valence-corrected chi connectivity index (χ3v) is 2.20. The van der Waals surface area contributed by atoms with E-state index in [0.29, 0.717) is 6.20 Å². The lowest BCUT2D eigenvalue weighted by Gasteiger charge is -2.18. The zero-order valence-electron chi connectivity index (χ0n) is 7.90. The molecule has 0 aliphatic carbocycles. The van der Waals surface area contributed by atoms with Crippen LogP contribution in [-0.2, 0) is 6.18 Å². The van der Waals surface area contributed by atoms with Crippen LogP contribution in [0.15, 0.2) is 12.3 Å². The lowest BCUT2D eigenvalue weighted by Crippen LogP contribution is -2.29. The molecule has 96 valence electrons. The summed E-state index contributed by atoms with van der Waals surface area (Å²) in [7, 11) is 0. The summed E-state index contributed by atoms with van der Waals surface area (Å²) >= 11 is 5.29. The molecule has 0 saturated carbocycles. The van der Waals surface area contributed by atoms with Gasteiger partial charge in [-0.05, 0) is 6.07 Å². The molecule has 0 bridgehead atoms. The highest BCUT2D eigenvalue weighted by Gasteiger charge is 2.41. The Hall–Kier alpha value is -1.02. The fourth-order valence-electron chi connectivity index (χ4n) is 1.01. The zero-order valence-corrected chi connectivity index (χ0v) is 8.66. The topological polar surface area (TPSA) is 38.9 Å². The number of hydrogen-bond acceptors (Lipinski definition) is 2. The van der Waals surface area contributed by atoms with Gasteiger partial charge in [-0.15, -0.1) is 0 Å². The van der Waals surface area contributed by atoms with Crippen LogP contribution in [0.25, 0.3) is 0 Å². The van der Waals surface area contributed by atoms with Gasteiger partial charge in [-0.1, -0.05) is 11.6 Å². The van der Waals surface area contributed by atoms with Crippen LogP contribution in [0.2, 0.25) is 5.15 Å². The summed E-state index contributed by atoms with van der Waals surface area (Å²) in [5.41, 5.74) is 2.52. The van der Waals surface area contributed by atoms with Crippen LogP contribution in [-0.4, -0.2) is 11.2 Å². The highest BCUT2D eigenvalue weighted by molar-refractivity contribution is 6.30. The molecule has 1 unspecified atom stereocenters. The van der Waals surface area contributed by atoms with E-state index in [0.717, 1.165) is 0 Å². The summed E-state index contributed by atoms with van der Waals surface area (Å²) in [6, 6.07) is -2.36. The normalized spacial score (nSPS) is 14.8. The number of nitrogens with zero attached hydrogens (tertiary/aromatic N) is 1. The first-order valence-electron chi connectivity index (χ1n) is 4.08. The Bertz CT molecular complexity index is 413. The van der Waals surface area contributed by atoms with Crippen LogP contribution in [0, 0.1) is 0 Å². The summed E-state index contributed by atoms with van der Waals surface area (Å²) in [5, 5.41) is -0.706. The second-order valence-electron chi connectivity index (χ2n) is 3.12. The quantitative estimate of drug-likeness (QED) is 0.632. The molecule has 0 saturated heterocycles. The van der Waals surface area contributed by atoms with E-state index in [1.807, 2.05) is 0 Å². The minimum Gasteiger partial charge on any atom is -0.316 e. The van der Waals surface area contributed by atoms with Crippen molar-refractivity contribution in [2.24, 2.45) is 5.73 Å². The first-order valence-corrected chi connectivity index (χ1v) is 4.46. The molecule has 1 aromatic heterocycles. The van der Waals surface area contributed by atoms with Crippen molar-refractivity contribution in [1.82, 2.24) is 4.98 Å². The molecule has 1 aromatic rings. The maximum absolute atomic E-state index is 12.3. The molecule has 17 heavy (non-hydrogen) atoms. The first kappa shape index (κ1) is 14.0. The monoisotopic (exact) mass is 278 g/mol. The van der Waals surface area contributed by atoms with Crippen molar-refractivity contribution in [1.29, 1.82) is 0 Å². The number of hydrogen-bond donors (Lipinski definition) is 1. The molecule has 0 amide bonds. The molecule has 1 rings (SSSR count). The van der Waals surface area contributed by atoms with Crippen molar-refractivity contribution >= 4 is 11.6 Å². The average Bonchev–Trinajstić information content (AvgIpc) is 2.14. The fourth-order valence-corrected chi connectivity index (χ4v) is 1.24. The highest BCUT2D eigenvalue weighted by atomic mass is 35.5. The molecule has 9 heteroatoms. The minimum absolute atomic E-state index is 0.244. The Morgan fingerprint density at radius 1 is 1.18 bits per heavy atom. The molecule has 2 N–H and O–H groups in total. The maximum Gasteiger partial charge on any atom is 0.417 e. The van der Waals surface area contributed by atoms with E-state index in [-0.39, 0.29) is 6.07 Å². The Morgan fingerprint density at radius 2 is 1.71 bits per heavy atom. The zero-order chi connectivity index (χ0) is 13.4. The van der Waals surface area contributed by atoms with Gasteiger partial charge >= 0.3 is 12.4 Å². The minimum atomic E-state index is -4.89. The van der Waals surface area contributed by atoms with Gasteiger partial charge in [0.05, 0.1) is 5.56 Å². The third kappa shape index (κ3) is 3.22. The van der Waals surface area contributed by atoms with E-state index < -0.39 is 34.7 Å². The predicted molar refractivity (Wildman–Crippen MR) is 47.2 cm³/mol. The van der Waals surface area contributed by atoms with Crippen molar-refractivity contribution in [2.45, 2.75) is 18.4 Å². The van der Waals surface area contributed by atoms with E-state index in [2.05, 4.69) is 4.98 Å². The lowest BCUT2D eigenvalue weighted by atomic mass is 10.1. The number of rotatable bonds is 1. The van der Waals surface area contributed by atoms with Gasteiger partial charge in [0.2, 0.25) is 0 Å². The van der Waals surface area contributed by atoms with Gasteiger partial charge in [0.15, 0.2) is 0 Å². The molecule has 0 radical (unpaired) electrons. The Kier molecular flexibility index (Phi) is 3.58. The number of alkyl halides is 6. The lowest BCUT2D eigenvalue weighted by molar-refractivity contribution is -0.150. The van der Waals surface area contributed by atoms with Crippen molar-refractivity contribution in [3.63, 3.8) is 0 Å². The predicted octanol–water partition coefficient (Wildman–Crippen LogP) is 3.32. The smallest absolute Gasteiger partial charge is 0.316 e. The summed E-state index contributed by atoms with van der Waals surface area (Å²) < 4.78 is 73.5. The Morgan fingerprint density at radius 3 is 2.12 bits per heavy atom. The summed E-state index contributed by atoms with van der Waals surface area (Å²) in [6.45, 7) is 0. The van der Waals surface area contributed by atoms with Crippen LogP contribution in [0.5, 0.6) is 0 Å². The SMILES string of the molecule is NC(c1cc(C(F)(F)F)cnc1Cl)C(F)(F)F. The average molecular weight is 279 g/mol. The molecule has 1 atom stereocenters. The number of pyridine rings is 1. The van der Waals surface area contributed by atoms with E-state index in [1.54, 1.807) is 0 Å². The molecule has 1 heterocycles. The summed E-state index contributed by atoms with van der Waals surface area (Å²) in [4.78, 5) is 3.05. The van der Waals surface area contributed by atoms with E-state index in [1.165, 1.54) is 0 Å². The second-order valence-corrected chi connectivity index (χ2v) is 3.48. The Labute approximate surface area is 96.4 Å². The molecule has 0 aliphatic rings. The van der Waals surface area contributed by atoms with Gasteiger partial charge in [-0.25, -0.2) is 4.98 Å². The molecule has 0 aromatic carbocycles. The van der Waals surface area contributed by atoms with Gasteiger partial charge in [0.1, 0.15) is 11.2 Å². The van der Waals surface area contributed by atoms with Gasteiger partial charge in [-0.2, -0.15) is 26.3 Å². The molecule has 2 nitrogen and oxygen atoms in total. The largest absolute Gasteiger partial charge is 0.417 e. The fraction of sp³-hybridized carbons (Fsp3) is 0.375. The standard InChI is InChI=1S/C8H5ClF6N2/c9-6-4(5(16)8(13,14)15)1-3(2-17-6)7(10,11)12/h1-2,5H,16H2. The molecule has 0 spiro atoms. The van der Waals surface area contributed by atoms with Crippen LogP contribution >= 0.6 is 11.6 Å². The second kappa shape index (κ2) is 4.34. The molecule has 0 aliphatic heterocycles. The number of aromatic nitrogens is 1. The summed E-state index contributed by atoms with van der Waals surface area (Å²) in [5.74, 6) is 0. The van der Waals surface area contributed by atoms with Crippen LogP contribution in [0.3, 0.4) is 0 Å². The molecular formula is C8H5ClF6N2. The summed E-state index contributed by atoms with van der Waals surface area (Å²) in [6.07, 6.45) is -9.36. The van der Waals surface area contributed by atoms with E-state index in [9.17, 15) is 26.3 Å². The molecule has 0 fully saturated rings. The van der Waals surface area contributed by atoms with E-state index in [4.69, 9.17) is 17.3 Å². The third-order valence-electron chi connectivity index (χ3n) is 1.88. The van der Waals surface area contributed by atoms with Crippen molar-refractivity contribution in [2.75, 3.05) is 0 Å². The van der Waals surface area contributed by atoms with Crippen molar-refractivity contribution in [3.8, 4) is 0 Å². The van der Waals surface area contributed by atoms with Gasteiger partial charge < -0.3 is 5.73 Å². The van der Waals surface area contributed by atoms with E-state index >= 15 is 0 Å². The number of nitrogens with two attached hydrogens (primary N) is 1. The van der Waals surface area contributed by atoms with Crippen molar-refractivity contribution < 1.29 is 26.3 Å². The van der Waals surface area contributed by atoms with Crippen LogP contribution in [0.1, 0.15) is 17.2 Å². The van der Waals surface area contributed by atoms with Crippen molar-refractivity contribution in [3.05, 3.63) is 28.5 Å². The first-order chi connectivity index (χ1) is 7.53. The Balaban J connectivity index is 3.25. The van der Waals surface area contributed by atoms with Gasteiger partial charge in [0, 0.05) is 11.8 Å². The number of halogens is 7. The van der Waals surface area contributed by atoms with Gasteiger partial charge in [0.25, 0.3) is 0 Å². The highest BCUT2D eigenvalue weighted by Crippen LogP contribution is 2.36. The maximum atomic E-state index is 12.3. The van der Waals surface area contributed by atoms with Gasteiger partial charge in [-0.3, -0.25) is 0 Å². The van der Waals surface area contributed by atoms with Crippen LogP contribution < -0.4 is 5.73 Å². The molecular weight excluding hydrogens is 274 g/mol. The van der Waals surface area contributed by atoms with Crippen LogP contribution in [0.4, 0.5) is 26.3 Å².